The predicted molar refractivity (Wildman–Crippen MR) is 67.9 cm³/mol. The molecule has 0 aromatic rings. The van der Waals surface area contributed by atoms with Crippen LogP contribution in [0, 0.1) is 29.1 Å². The lowest BCUT2D eigenvalue weighted by molar-refractivity contribution is 0.329. The highest BCUT2D eigenvalue weighted by molar-refractivity contribution is 5.10. The topological polar surface area (TPSA) is 35.8 Å². The Kier molecular flexibility index (Phi) is 5.02. The van der Waals surface area contributed by atoms with Gasteiger partial charge in [-0.3, -0.25) is 0 Å². The molecule has 1 aliphatic carbocycles. The van der Waals surface area contributed by atoms with Crippen molar-refractivity contribution in [3.8, 4) is 6.07 Å². The number of nitrogens with zero attached hydrogens (tertiary/aromatic N) is 1. The third-order valence-corrected chi connectivity index (χ3v) is 3.18. The van der Waals surface area contributed by atoms with Gasteiger partial charge in [-0.05, 0) is 44.1 Å². The fourth-order valence-electron chi connectivity index (χ4n) is 2.53. The maximum absolute atomic E-state index is 9.23. The number of nitriles is 1. The van der Waals surface area contributed by atoms with Crippen molar-refractivity contribution in [1.82, 2.24) is 5.32 Å². The zero-order valence-corrected chi connectivity index (χ0v) is 11.0. The minimum Gasteiger partial charge on any atom is -0.301 e. The van der Waals surface area contributed by atoms with E-state index < -0.39 is 0 Å². The molecule has 1 N–H and O–H groups in total. The molecule has 2 heteroatoms. The van der Waals surface area contributed by atoms with Crippen LogP contribution in [0.1, 0.15) is 40.5 Å². The molecule has 0 amide bonds. The Morgan fingerprint density at radius 1 is 1.56 bits per heavy atom. The molecule has 1 aliphatic rings. The van der Waals surface area contributed by atoms with Crippen LogP contribution in [-0.4, -0.2) is 12.6 Å². The third-order valence-electron chi connectivity index (χ3n) is 3.18. The highest BCUT2D eigenvalue weighted by Crippen LogP contribution is 2.30. The monoisotopic (exact) mass is 220 g/mol. The molecule has 2 nitrogen and oxygen atoms in total. The minimum absolute atomic E-state index is 0.0218. The maximum Gasteiger partial charge on any atom is 0.0984 e. The summed E-state index contributed by atoms with van der Waals surface area (Å²) in [7, 11) is 0. The Bertz CT molecular complexity index is 286. The summed E-state index contributed by atoms with van der Waals surface area (Å²) in [5.41, 5.74) is 1.44. The molecule has 90 valence electrons. The molecule has 0 fully saturated rings. The van der Waals surface area contributed by atoms with Crippen LogP contribution in [0.3, 0.4) is 0 Å². The van der Waals surface area contributed by atoms with Gasteiger partial charge < -0.3 is 5.32 Å². The van der Waals surface area contributed by atoms with E-state index in [4.69, 9.17) is 0 Å². The van der Waals surface area contributed by atoms with Crippen LogP contribution in [0.2, 0.25) is 0 Å². The van der Waals surface area contributed by atoms with Crippen LogP contribution >= 0.6 is 0 Å². The van der Waals surface area contributed by atoms with E-state index in [0.717, 1.165) is 19.4 Å². The lowest BCUT2D eigenvalue weighted by Gasteiger charge is -2.29. The van der Waals surface area contributed by atoms with Gasteiger partial charge in [-0.2, -0.15) is 5.26 Å². The fraction of sp³-hybridized carbons (Fsp3) is 0.786. The Labute approximate surface area is 99.7 Å². The van der Waals surface area contributed by atoms with Gasteiger partial charge >= 0.3 is 0 Å². The molecule has 0 heterocycles. The van der Waals surface area contributed by atoms with Gasteiger partial charge in [0, 0.05) is 0 Å². The lowest BCUT2D eigenvalue weighted by atomic mass is 9.80. The molecule has 3 atom stereocenters. The first-order valence-electron chi connectivity index (χ1n) is 6.33. The van der Waals surface area contributed by atoms with E-state index in [9.17, 15) is 5.26 Å². The Morgan fingerprint density at radius 3 is 2.75 bits per heavy atom. The van der Waals surface area contributed by atoms with E-state index >= 15 is 0 Å². The van der Waals surface area contributed by atoms with Gasteiger partial charge in [-0.25, -0.2) is 0 Å². The first-order chi connectivity index (χ1) is 7.52. The predicted octanol–water partition coefficient (Wildman–Crippen LogP) is 3.12. The summed E-state index contributed by atoms with van der Waals surface area (Å²) < 4.78 is 0. The number of hydrogen-bond donors (Lipinski definition) is 1. The average molecular weight is 220 g/mol. The smallest absolute Gasteiger partial charge is 0.0984 e. The van der Waals surface area contributed by atoms with Crippen molar-refractivity contribution in [1.29, 1.82) is 5.26 Å². The second-order valence-electron chi connectivity index (χ2n) is 5.60. The Balaban J connectivity index is 2.54. The van der Waals surface area contributed by atoms with Crippen LogP contribution in [0.4, 0.5) is 0 Å². The first-order valence-corrected chi connectivity index (χ1v) is 6.33. The average Bonchev–Trinajstić information content (AvgIpc) is 2.16. The van der Waals surface area contributed by atoms with Gasteiger partial charge in [0.2, 0.25) is 0 Å². The second kappa shape index (κ2) is 6.06. The number of allylic oxidation sites excluding steroid dienone is 2. The molecule has 0 aromatic heterocycles. The zero-order valence-electron chi connectivity index (χ0n) is 11.0. The van der Waals surface area contributed by atoms with Crippen molar-refractivity contribution < 1.29 is 0 Å². The van der Waals surface area contributed by atoms with E-state index in [-0.39, 0.29) is 6.04 Å². The summed E-state index contributed by atoms with van der Waals surface area (Å²) >= 11 is 0. The van der Waals surface area contributed by atoms with Crippen LogP contribution in [0.25, 0.3) is 0 Å². The Hall–Kier alpha value is -0.810. The van der Waals surface area contributed by atoms with E-state index in [0.29, 0.717) is 17.8 Å². The molecule has 0 saturated carbocycles. The molecule has 0 aliphatic heterocycles. The van der Waals surface area contributed by atoms with Gasteiger partial charge in [-0.1, -0.05) is 32.4 Å². The number of hydrogen-bond acceptors (Lipinski definition) is 2. The summed E-state index contributed by atoms with van der Waals surface area (Å²) in [6.45, 7) is 9.71. The molecule has 0 bridgehead atoms. The van der Waals surface area contributed by atoms with Gasteiger partial charge in [0.25, 0.3) is 0 Å². The zero-order chi connectivity index (χ0) is 12.1. The van der Waals surface area contributed by atoms with Gasteiger partial charge in [0.15, 0.2) is 0 Å². The third kappa shape index (κ3) is 3.98. The van der Waals surface area contributed by atoms with Crippen LogP contribution < -0.4 is 5.32 Å². The summed E-state index contributed by atoms with van der Waals surface area (Å²) in [6.07, 6.45) is 4.56. The molecule has 3 unspecified atom stereocenters. The van der Waals surface area contributed by atoms with Crippen molar-refractivity contribution in [2.24, 2.45) is 17.8 Å². The second-order valence-corrected chi connectivity index (χ2v) is 5.60. The molecular formula is C14H24N2. The van der Waals surface area contributed by atoms with Crippen molar-refractivity contribution in [3.05, 3.63) is 11.6 Å². The molecule has 0 saturated heterocycles. The molecule has 1 rings (SSSR count). The number of rotatable bonds is 4. The summed E-state index contributed by atoms with van der Waals surface area (Å²) in [6, 6.07) is 2.45. The SMILES string of the molecule is CC1=CC(C)CC(C(C#N)NCC(C)C)C1. The van der Waals surface area contributed by atoms with Gasteiger partial charge in [0.05, 0.1) is 12.1 Å². The highest BCUT2D eigenvalue weighted by Gasteiger charge is 2.25. The number of nitrogens with one attached hydrogen (secondary N) is 1. The van der Waals surface area contributed by atoms with Crippen LogP contribution in [0.5, 0.6) is 0 Å². The van der Waals surface area contributed by atoms with Crippen molar-refractivity contribution >= 4 is 0 Å². The van der Waals surface area contributed by atoms with E-state index in [2.05, 4.69) is 45.2 Å². The van der Waals surface area contributed by atoms with E-state index in [1.54, 1.807) is 0 Å². The van der Waals surface area contributed by atoms with E-state index in [1.165, 1.54) is 5.57 Å². The summed E-state index contributed by atoms with van der Waals surface area (Å²) in [5.74, 6) is 1.72. The molecule has 0 radical (unpaired) electrons. The molecule has 0 aromatic carbocycles. The van der Waals surface area contributed by atoms with Crippen molar-refractivity contribution in [2.75, 3.05) is 6.54 Å². The summed E-state index contributed by atoms with van der Waals surface area (Å²) in [5, 5.41) is 12.6. The normalized spacial score (nSPS) is 27.4. The highest BCUT2D eigenvalue weighted by atomic mass is 14.9. The molecular weight excluding hydrogens is 196 g/mol. The largest absolute Gasteiger partial charge is 0.301 e. The van der Waals surface area contributed by atoms with Gasteiger partial charge in [-0.15, -0.1) is 0 Å². The standard InChI is InChI=1S/C14H24N2/c1-10(2)9-16-14(8-15)13-6-11(3)5-12(4)7-13/h5,10-11,13-14,16H,6-7,9H2,1-4H3. The fourth-order valence-corrected chi connectivity index (χ4v) is 2.53. The van der Waals surface area contributed by atoms with Gasteiger partial charge in [0.1, 0.15) is 0 Å². The summed E-state index contributed by atoms with van der Waals surface area (Å²) in [4.78, 5) is 0. The van der Waals surface area contributed by atoms with Crippen LogP contribution in [-0.2, 0) is 0 Å². The maximum atomic E-state index is 9.23. The van der Waals surface area contributed by atoms with Crippen molar-refractivity contribution in [2.45, 2.75) is 46.6 Å². The van der Waals surface area contributed by atoms with E-state index in [1.807, 2.05) is 0 Å². The van der Waals surface area contributed by atoms with Crippen molar-refractivity contribution in [3.63, 3.8) is 0 Å². The first kappa shape index (κ1) is 13.3. The minimum atomic E-state index is 0.0218. The Morgan fingerprint density at radius 2 is 2.25 bits per heavy atom. The molecule has 0 spiro atoms. The lowest BCUT2D eigenvalue weighted by Crippen LogP contribution is -2.38. The van der Waals surface area contributed by atoms with Crippen LogP contribution in [0.15, 0.2) is 11.6 Å². The molecule has 16 heavy (non-hydrogen) atoms. The quantitative estimate of drug-likeness (QED) is 0.739.